The van der Waals surface area contributed by atoms with E-state index in [2.05, 4.69) is 4.90 Å². The molecule has 1 heterocycles. The van der Waals surface area contributed by atoms with Crippen molar-refractivity contribution in [3.05, 3.63) is 23.8 Å². The first kappa shape index (κ1) is 14.8. The van der Waals surface area contributed by atoms with Crippen molar-refractivity contribution in [1.29, 1.82) is 0 Å². The first-order valence-corrected chi connectivity index (χ1v) is 6.93. The Bertz CT molecular complexity index is 467. The average molecular weight is 279 g/mol. The van der Waals surface area contributed by atoms with Gasteiger partial charge in [0.1, 0.15) is 5.75 Å². The number of phenolic OH excluding ortho intramolecular Hbond substituents is 1. The highest BCUT2D eigenvalue weighted by Crippen LogP contribution is 2.27. The second-order valence-corrected chi connectivity index (χ2v) is 5.04. The molecule has 5 nitrogen and oxygen atoms in total. The van der Waals surface area contributed by atoms with Crippen LogP contribution in [-0.2, 0) is 4.74 Å². The molecule has 0 unspecified atom stereocenters. The molecule has 0 saturated carbocycles. The molecule has 1 saturated heterocycles. The van der Waals surface area contributed by atoms with E-state index >= 15 is 0 Å². The highest BCUT2D eigenvalue weighted by atomic mass is 16.5. The highest BCUT2D eigenvalue weighted by molar-refractivity contribution is 5.97. The summed E-state index contributed by atoms with van der Waals surface area (Å²) >= 11 is 0. The fourth-order valence-electron chi connectivity index (χ4n) is 2.51. The lowest BCUT2D eigenvalue weighted by Gasteiger charge is -2.33. The molecule has 0 radical (unpaired) electrons. The summed E-state index contributed by atoms with van der Waals surface area (Å²) in [5.74, 6) is -0.0983. The summed E-state index contributed by atoms with van der Waals surface area (Å²) in [6.45, 7) is 3.57. The van der Waals surface area contributed by atoms with E-state index in [1.807, 2.05) is 6.07 Å². The Morgan fingerprint density at radius 1 is 1.40 bits per heavy atom. The molecule has 1 aromatic rings. The third-order valence-corrected chi connectivity index (χ3v) is 3.61. The lowest BCUT2D eigenvalue weighted by Crippen LogP contribution is -2.37. The molecular weight excluding hydrogens is 258 g/mol. The second-order valence-electron chi connectivity index (χ2n) is 5.04. The minimum absolute atomic E-state index is 0.0358. The van der Waals surface area contributed by atoms with Gasteiger partial charge in [0, 0.05) is 24.8 Å². The van der Waals surface area contributed by atoms with Crippen LogP contribution in [0.15, 0.2) is 18.2 Å². The monoisotopic (exact) mass is 279 g/mol. The van der Waals surface area contributed by atoms with Gasteiger partial charge in [-0.3, -0.25) is 4.79 Å². The van der Waals surface area contributed by atoms with Gasteiger partial charge in [0.15, 0.2) is 5.78 Å². The number of hydrogen-bond donors (Lipinski definition) is 2. The summed E-state index contributed by atoms with van der Waals surface area (Å²) in [5.41, 5.74) is 1.28. The van der Waals surface area contributed by atoms with Crippen LogP contribution >= 0.6 is 0 Å². The molecule has 0 aliphatic carbocycles. The summed E-state index contributed by atoms with van der Waals surface area (Å²) in [6.07, 6.45) is 1.99. The van der Waals surface area contributed by atoms with Crippen molar-refractivity contribution in [1.82, 2.24) is 0 Å². The molecule has 0 bridgehead atoms. The van der Waals surface area contributed by atoms with Gasteiger partial charge >= 0.3 is 0 Å². The molecule has 20 heavy (non-hydrogen) atoms. The number of carbonyl (C=O) groups is 1. The largest absolute Gasteiger partial charge is 0.507 e. The van der Waals surface area contributed by atoms with Gasteiger partial charge in [-0.15, -0.1) is 0 Å². The number of ether oxygens (including phenoxy) is 1. The van der Waals surface area contributed by atoms with E-state index in [0.717, 1.165) is 31.6 Å². The van der Waals surface area contributed by atoms with Crippen LogP contribution < -0.4 is 4.90 Å². The summed E-state index contributed by atoms with van der Waals surface area (Å²) in [4.78, 5) is 13.5. The molecule has 2 N–H and O–H groups in total. The van der Waals surface area contributed by atoms with Crippen molar-refractivity contribution in [2.45, 2.75) is 25.9 Å². The van der Waals surface area contributed by atoms with Crippen LogP contribution in [-0.4, -0.2) is 48.4 Å². The lowest BCUT2D eigenvalue weighted by atomic mass is 10.1. The van der Waals surface area contributed by atoms with E-state index in [9.17, 15) is 9.90 Å². The van der Waals surface area contributed by atoms with Gasteiger partial charge in [0.25, 0.3) is 0 Å². The number of anilines is 1. The fourth-order valence-corrected chi connectivity index (χ4v) is 2.51. The zero-order chi connectivity index (χ0) is 14.5. The number of aliphatic hydroxyl groups excluding tert-OH is 1. The number of hydrogen-bond acceptors (Lipinski definition) is 5. The molecule has 1 aromatic carbocycles. The molecule has 0 spiro atoms. The molecule has 1 aliphatic rings. The molecule has 0 aromatic heterocycles. The Morgan fingerprint density at radius 3 is 2.65 bits per heavy atom. The van der Waals surface area contributed by atoms with Gasteiger partial charge in [-0.1, -0.05) is 0 Å². The SMILES string of the molecule is CC(=O)c1ccc(N2CCC(OCCO)CC2)cc1O. The van der Waals surface area contributed by atoms with E-state index in [1.165, 1.54) is 6.92 Å². The molecule has 5 heteroatoms. The van der Waals surface area contributed by atoms with Gasteiger partial charge in [0.05, 0.1) is 24.9 Å². The molecule has 110 valence electrons. The quantitative estimate of drug-likeness (QED) is 0.801. The number of rotatable bonds is 5. The Hall–Kier alpha value is -1.59. The lowest BCUT2D eigenvalue weighted by molar-refractivity contribution is 0.0159. The van der Waals surface area contributed by atoms with E-state index in [0.29, 0.717) is 12.2 Å². The number of Topliss-reactive ketones (excluding diaryl/α,β-unsaturated/α-hetero) is 1. The number of phenols is 1. The van der Waals surface area contributed by atoms with Crippen LogP contribution in [0.1, 0.15) is 30.1 Å². The number of nitrogens with zero attached hydrogens (tertiary/aromatic N) is 1. The minimum atomic E-state index is -0.134. The predicted molar refractivity (Wildman–Crippen MR) is 76.4 cm³/mol. The maximum atomic E-state index is 11.3. The summed E-state index contributed by atoms with van der Waals surface area (Å²) in [5, 5.41) is 18.6. The second kappa shape index (κ2) is 6.72. The Kier molecular flexibility index (Phi) is 4.98. The zero-order valence-electron chi connectivity index (χ0n) is 11.7. The van der Waals surface area contributed by atoms with Gasteiger partial charge in [-0.25, -0.2) is 0 Å². The van der Waals surface area contributed by atoms with Crippen molar-refractivity contribution in [3.63, 3.8) is 0 Å². The van der Waals surface area contributed by atoms with Gasteiger partial charge in [0.2, 0.25) is 0 Å². The minimum Gasteiger partial charge on any atom is -0.507 e. The maximum absolute atomic E-state index is 11.3. The van der Waals surface area contributed by atoms with Crippen LogP contribution in [0.3, 0.4) is 0 Å². The van der Waals surface area contributed by atoms with Gasteiger partial charge < -0.3 is 19.8 Å². The number of aliphatic hydroxyl groups is 1. The number of ketones is 1. The zero-order valence-corrected chi connectivity index (χ0v) is 11.7. The summed E-state index contributed by atoms with van der Waals surface area (Å²) in [7, 11) is 0. The Labute approximate surface area is 118 Å². The van der Waals surface area contributed by atoms with Crippen LogP contribution in [0, 0.1) is 0 Å². The highest BCUT2D eigenvalue weighted by Gasteiger charge is 2.20. The average Bonchev–Trinajstić information content (AvgIpc) is 2.45. The molecule has 0 amide bonds. The van der Waals surface area contributed by atoms with Crippen molar-refractivity contribution < 1.29 is 19.7 Å². The smallest absolute Gasteiger partial charge is 0.163 e. The molecule has 2 rings (SSSR count). The standard InChI is InChI=1S/C15H21NO4/c1-11(18)14-3-2-12(10-15(14)19)16-6-4-13(5-7-16)20-9-8-17/h2-3,10,13,17,19H,4-9H2,1H3. The first-order chi connectivity index (χ1) is 9.61. The third kappa shape index (κ3) is 3.49. The van der Waals surface area contributed by atoms with E-state index in [4.69, 9.17) is 9.84 Å². The number of benzene rings is 1. The van der Waals surface area contributed by atoms with Gasteiger partial charge in [-0.2, -0.15) is 0 Å². The van der Waals surface area contributed by atoms with Gasteiger partial charge in [-0.05, 0) is 31.9 Å². The van der Waals surface area contributed by atoms with E-state index in [1.54, 1.807) is 12.1 Å². The Morgan fingerprint density at radius 2 is 2.10 bits per heavy atom. The van der Waals surface area contributed by atoms with Crippen molar-refractivity contribution in [3.8, 4) is 5.75 Å². The van der Waals surface area contributed by atoms with Crippen LogP contribution in [0.4, 0.5) is 5.69 Å². The van der Waals surface area contributed by atoms with Crippen LogP contribution in [0.2, 0.25) is 0 Å². The summed E-state index contributed by atoms with van der Waals surface area (Å²) < 4.78 is 5.52. The number of piperidine rings is 1. The van der Waals surface area contributed by atoms with Crippen LogP contribution in [0.5, 0.6) is 5.75 Å². The number of carbonyl (C=O) groups excluding carboxylic acids is 1. The fraction of sp³-hybridized carbons (Fsp3) is 0.533. The molecule has 1 fully saturated rings. The Balaban J connectivity index is 1.97. The summed E-state index contributed by atoms with van der Waals surface area (Å²) in [6, 6.07) is 5.18. The normalized spacial score (nSPS) is 16.4. The van der Waals surface area contributed by atoms with E-state index in [-0.39, 0.29) is 24.2 Å². The predicted octanol–water partition coefficient (Wildman–Crippen LogP) is 1.57. The third-order valence-electron chi connectivity index (χ3n) is 3.61. The number of aromatic hydroxyl groups is 1. The topological polar surface area (TPSA) is 70.0 Å². The van der Waals surface area contributed by atoms with Crippen molar-refractivity contribution >= 4 is 11.5 Å². The first-order valence-electron chi connectivity index (χ1n) is 6.93. The van der Waals surface area contributed by atoms with Crippen molar-refractivity contribution in [2.24, 2.45) is 0 Å². The van der Waals surface area contributed by atoms with E-state index < -0.39 is 0 Å². The van der Waals surface area contributed by atoms with Crippen molar-refractivity contribution in [2.75, 3.05) is 31.2 Å². The molecule has 0 atom stereocenters. The van der Waals surface area contributed by atoms with Crippen LogP contribution in [0.25, 0.3) is 0 Å². The molecular formula is C15H21NO4. The molecule has 1 aliphatic heterocycles. The maximum Gasteiger partial charge on any atom is 0.163 e.